The molecular formula is C14H16N4O3. The highest BCUT2D eigenvalue weighted by molar-refractivity contribution is 5.89. The summed E-state index contributed by atoms with van der Waals surface area (Å²) >= 11 is 0. The highest BCUT2D eigenvalue weighted by Gasteiger charge is 2.09. The summed E-state index contributed by atoms with van der Waals surface area (Å²) in [5, 5.41) is 2.57. The topological polar surface area (TPSA) is 96.8 Å². The van der Waals surface area contributed by atoms with Gasteiger partial charge in [-0.25, -0.2) is 4.98 Å². The molecule has 2 rings (SSSR count). The van der Waals surface area contributed by atoms with Crippen LogP contribution in [0.2, 0.25) is 0 Å². The van der Waals surface area contributed by atoms with Crippen LogP contribution < -0.4 is 16.3 Å². The number of carbonyl (C=O) groups is 1. The van der Waals surface area contributed by atoms with Gasteiger partial charge in [0.25, 0.3) is 5.56 Å². The monoisotopic (exact) mass is 288 g/mol. The molecule has 0 unspecified atom stereocenters. The number of H-pyrrole nitrogens is 1. The molecule has 0 aliphatic heterocycles. The van der Waals surface area contributed by atoms with Gasteiger partial charge < -0.3 is 14.9 Å². The van der Waals surface area contributed by atoms with Crippen molar-refractivity contribution in [3.8, 4) is 0 Å². The maximum atomic E-state index is 12.0. The Bertz CT molecular complexity index is 778. The summed E-state index contributed by atoms with van der Waals surface area (Å²) in [5.41, 5.74) is 0.984. The molecule has 7 nitrogen and oxygen atoms in total. The number of rotatable bonds is 3. The SMILES string of the molecule is Cc1nc(NC(=O)Cn2c(C)cc(=O)cc2C)cc(=O)[nH]1. The van der Waals surface area contributed by atoms with E-state index in [-0.39, 0.29) is 29.3 Å². The molecule has 0 atom stereocenters. The Labute approximate surface area is 120 Å². The molecule has 0 radical (unpaired) electrons. The Morgan fingerprint density at radius 3 is 2.38 bits per heavy atom. The van der Waals surface area contributed by atoms with Gasteiger partial charge >= 0.3 is 0 Å². The Hall–Kier alpha value is -2.70. The van der Waals surface area contributed by atoms with Crippen molar-refractivity contribution in [2.24, 2.45) is 0 Å². The van der Waals surface area contributed by atoms with Crippen molar-refractivity contribution in [2.45, 2.75) is 27.3 Å². The first-order chi connectivity index (χ1) is 9.85. The van der Waals surface area contributed by atoms with Gasteiger partial charge in [0.15, 0.2) is 5.43 Å². The second kappa shape index (κ2) is 5.74. The quantitative estimate of drug-likeness (QED) is 0.859. The highest BCUT2D eigenvalue weighted by atomic mass is 16.2. The van der Waals surface area contributed by atoms with Crippen molar-refractivity contribution in [1.82, 2.24) is 14.5 Å². The van der Waals surface area contributed by atoms with Crippen LogP contribution in [0.4, 0.5) is 5.82 Å². The fourth-order valence-electron chi connectivity index (χ4n) is 2.11. The van der Waals surface area contributed by atoms with Crippen LogP contribution >= 0.6 is 0 Å². The third kappa shape index (κ3) is 3.65. The molecule has 7 heteroatoms. The molecule has 0 bridgehead atoms. The van der Waals surface area contributed by atoms with Gasteiger partial charge in [0.1, 0.15) is 18.2 Å². The fraction of sp³-hybridized carbons (Fsp3) is 0.286. The molecule has 0 fully saturated rings. The van der Waals surface area contributed by atoms with Gasteiger partial charge in [0.2, 0.25) is 5.91 Å². The molecule has 0 saturated carbocycles. The number of carbonyl (C=O) groups excluding carboxylic acids is 1. The van der Waals surface area contributed by atoms with Gasteiger partial charge in [0, 0.05) is 29.6 Å². The maximum absolute atomic E-state index is 12.0. The largest absolute Gasteiger partial charge is 0.340 e. The minimum Gasteiger partial charge on any atom is -0.340 e. The molecule has 0 aromatic carbocycles. The van der Waals surface area contributed by atoms with Crippen LogP contribution in [0, 0.1) is 20.8 Å². The summed E-state index contributed by atoms with van der Waals surface area (Å²) in [4.78, 5) is 41.2. The van der Waals surface area contributed by atoms with E-state index in [0.717, 1.165) is 0 Å². The van der Waals surface area contributed by atoms with Gasteiger partial charge in [-0.1, -0.05) is 0 Å². The molecular weight excluding hydrogens is 272 g/mol. The molecule has 2 aromatic rings. The zero-order valence-corrected chi connectivity index (χ0v) is 12.1. The van der Waals surface area contributed by atoms with Crippen molar-refractivity contribution < 1.29 is 4.79 Å². The summed E-state index contributed by atoms with van der Waals surface area (Å²) < 4.78 is 1.72. The summed E-state index contributed by atoms with van der Waals surface area (Å²) in [6.45, 7) is 5.20. The zero-order chi connectivity index (χ0) is 15.6. The molecule has 2 N–H and O–H groups in total. The lowest BCUT2D eigenvalue weighted by Gasteiger charge is -2.13. The number of amides is 1. The number of aromatic amines is 1. The lowest BCUT2D eigenvalue weighted by atomic mass is 10.3. The molecule has 0 spiro atoms. The summed E-state index contributed by atoms with van der Waals surface area (Å²) in [6, 6.07) is 4.15. The van der Waals surface area contributed by atoms with E-state index in [1.54, 1.807) is 25.3 Å². The van der Waals surface area contributed by atoms with E-state index >= 15 is 0 Å². The van der Waals surface area contributed by atoms with Crippen molar-refractivity contribution >= 4 is 11.7 Å². The minimum absolute atomic E-state index is 0.0471. The molecule has 2 aromatic heterocycles. The predicted molar refractivity (Wildman–Crippen MR) is 78.4 cm³/mol. The fourth-order valence-corrected chi connectivity index (χ4v) is 2.11. The molecule has 0 saturated heterocycles. The standard InChI is InChI=1S/C14H16N4O3/c1-8-4-11(19)5-9(2)18(8)7-14(21)17-12-6-13(20)16-10(3)15-12/h4-6H,7H2,1-3H3,(H2,15,16,17,20,21). The first-order valence-corrected chi connectivity index (χ1v) is 6.41. The number of nitrogens with zero attached hydrogens (tertiary/aromatic N) is 2. The van der Waals surface area contributed by atoms with E-state index in [1.165, 1.54) is 18.2 Å². The maximum Gasteiger partial charge on any atom is 0.252 e. The van der Waals surface area contributed by atoms with Crippen LogP contribution in [0.3, 0.4) is 0 Å². The van der Waals surface area contributed by atoms with E-state index < -0.39 is 0 Å². The van der Waals surface area contributed by atoms with E-state index in [1.807, 2.05) is 0 Å². The van der Waals surface area contributed by atoms with Gasteiger partial charge in [-0.05, 0) is 20.8 Å². The second-order valence-electron chi connectivity index (χ2n) is 4.82. The van der Waals surface area contributed by atoms with Crippen LogP contribution in [0.25, 0.3) is 0 Å². The van der Waals surface area contributed by atoms with Crippen LogP contribution in [-0.2, 0) is 11.3 Å². The minimum atomic E-state index is -0.325. The average molecular weight is 288 g/mol. The van der Waals surface area contributed by atoms with Gasteiger partial charge in [0.05, 0.1) is 0 Å². The number of pyridine rings is 1. The number of nitrogens with one attached hydrogen (secondary N) is 2. The lowest BCUT2D eigenvalue weighted by Crippen LogP contribution is -2.24. The Morgan fingerprint density at radius 2 is 1.81 bits per heavy atom. The number of aryl methyl sites for hydroxylation is 3. The average Bonchev–Trinajstić information content (AvgIpc) is 2.32. The smallest absolute Gasteiger partial charge is 0.252 e. The second-order valence-corrected chi connectivity index (χ2v) is 4.82. The highest BCUT2D eigenvalue weighted by Crippen LogP contribution is 2.03. The Morgan fingerprint density at radius 1 is 1.19 bits per heavy atom. The first-order valence-electron chi connectivity index (χ1n) is 6.41. The van der Waals surface area contributed by atoms with Crippen LogP contribution in [0.1, 0.15) is 17.2 Å². The number of anilines is 1. The van der Waals surface area contributed by atoms with Crippen LogP contribution in [0.15, 0.2) is 27.8 Å². The van der Waals surface area contributed by atoms with Gasteiger partial charge in [-0.2, -0.15) is 0 Å². The van der Waals surface area contributed by atoms with Gasteiger partial charge in [-0.15, -0.1) is 0 Å². The third-order valence-electron chi connectivity index (χ3n) is 2.98. The van der Waals surface area contributed by atoms with Crippen molar-refractivity contribution in [3.63, 3.8) is 0 Å². The lowest BCUT2D eigenvalue weighted by molar-refractivity contribution is -0.116. The zero-order valence-electron chi connectivity index (χ0n) is 12.1. The van der Waals surface area contributed by atoms with Gasteiger partial charge in [-0.3, -0.25) is 14.4 Å². The van der Waals surface area contributed by atoms with Crippen LogP contribution in [-0.4, -0.2) is 20.4 Å². The molecule has 0 aliphatic carbocycles. The van der Waals surface area contributed by atoms with E-state index in [4.69, 9.17) is 0 Å². The number of hydrogen-bond acceptors (Lipinski definition) is 4. The third-order valence-corrected chi connectivity index (χ3v) is 2.98. The van der Waals surface area contributed by atoms with Crippen molar-refractivity contribution in [1.29, 1.82) is 0 Å². The number of aromatic nitrogens is 3. The summed E-state index contributed by atoms with van der Waals surface area (Å²) in [6.07, 6.45) is 0. The number of hydrogen-bond donors (Lipinski definition) is 2. The summed E-state index contributed by atoms with van der Waals surface area (Å²) in [5.74, 6) is 0.313. The van der Waals surface area contributed by atoms with E-state index in [2.05, 4.69) is 15.3 Å². The molecule has 21 heavy (non-hydrogen) atoms. The van der Waals surface area contributed by atoms with Crippen LogP contribution in [0.5, 0.6) is 0 Å². The Kier molecular flexibility index (Phi) is 4.02. The molecule has 2 heterocycles. The normalized spacial score (nSPS) is 10.4. The predicted octanol–water partition coefficient (Wildman–Crippen LogP) is 0.496. The molecule has 0 aliphatic rings. The molecule has 1 amide bonds. The van der Waals surface area contributed by atoms with E-state index in [9.17, 15) is 14.4 Å². The van der Waals surface area contributed by atoms with Crippen molar-refractivity contribution in [3.05, 3.63) is 56.0 Å². The molecule has 110 valence electrons. The van der Waals surface area contributed by atoms with E-state index in [0.29, 0.717) is 17.2 Å². The Balaban J connectivity index is 2.19. The summed E-state index contributed by atoms with van der Waals surface area (Å²) in [7, 11) is 0. The first kappa shape index (κ1) is 14.7. The van der Waals surface area contributed by atoms with Crippen molar-refractivity contribution in [2.75, 3.05) is 5.32 Å².